The van der Waals surface area contributed by atoms with E-state index in [1.807, 2.05) is 6.07 Å². The Balaban J connectivity index is 2.06. The normalized spacial score (nSPS) is 20.1. The Morgan fingerprint density at radius 3 is 2.90 bits per heavy atom. The molecule has 21 heavy (non-hydrogen) atoms. The van der Waals surface area contributed by atoms with Crippen LogP contribution < -0.4 is 0 Å². The number of likely N-dealkylation sites (N-methyl/N-ethyl adjacent to an activating group) is 1. The Morgan fingerprint density at radius 2 is 2.19 bits per heavy atom. The Hall–Kier alpha value is -1.41. The van der Waals surface area contributed by atoms with Gasteiger partial charge >= 0.3 is 0 Å². The van der Waals surface area contributed by atoms with Crippen molar-refractivity contribution in [3.8, 4) is 11.8 Å². The van der Waals surface area contributed by atoms with Gasteiger partial charge in [0.1, 0.15) is 12.4 Å². The first kappa shape index (κ1) is 16.0. The summed E-state index contributed by atoms with van der Waals surface area (Å²) in [7, 11) is 2.17. The molecule has 1 fully saturated rings. The highest BCUT2D eigenvalue weighted by molar-refractivity contribution is 5.38. The maximum atomic E-state index is 13.6. The Bertz CT molecular complexity index is 535. The van der Waals surface area contributed by atoms with Crippen LogP contribution in [0, 0.1) is 17.7 Å². The van der Waals surface area contributed by atoms with Gasteiger partial charge in [-0.3, -0.25) is 4.90 Å². The molecular weight excluding hydrogens is 267 g/mol. The maximum absolute atomic E-state index is 13.6. The van der Waals surface area contributed by atoms with Crippen molar-refractivity contribution in [3.05, 3.63) is 35.1 Å². The van der Waals surface area contributed by atoms with E-state index in [1.165, 1.54) is 6.07 Å². The number of benzene rings is 1. The van der Waals surface area contributed by atoms with Crippen molar-refractivity contribution < 1.29 is 9.50 Å². The standard InChI is InChI=1S/C17H23FN2O/c1-3-16-13-20(9-8-19(16)2)12-14-6-7-17(18)15(11-14)5-4-10-21/h6-7,11,16,21H,3,8-10,12-13H2,1-2H3. The average molecular weight is 290 g/mol. The largest absolute Gasteiger partial charge is 0.384 e. The van der Waals surface area contributed by atoms with Crippen LogP contribution in [0.4, 0.5) is 4.39 Å². The lowest BCUT2D eigenvalue weighted by atomic mass is 10.1. The summed E-state index contributed by atoms with van der Waals surface area (Å²) >= 11 is 0. The van der Waals surface area contributed by atoms with E-state index in [0.717, 1.165) is 38.2 Å². The quantitative estimate of drug-likeness (QED) is 0.858. The first-order chi connectivity index (χ1) is 10.1. The number of halogens is 1. The summed E-state index contributed by atoms with van der Waals surface area (Å²) in [5.74, 6) is 4.84. The van der Waals surface area contributed by atoms with Gasteiger partial charge in [-0.15, -0.1) is 0 Å². The maximum Gasteiger partial charge on any atom is 0.138 e. The second-order valence-electron chi connectivity index (χ2n) is 5.55. The molecule has 3 nitrogen and oxygen atoms in total. The lowest BCUT2D eigenvalue weighted by molar-refractivity contribution is 0.0883. The van der Waals surface area contributed by atoms with Crippen LogP contribution in [-0.2, 0) is 6.54 Å². The highest BCUT2D eigenvalue weighted by Crippen LogP contribution is 2.16. The lowest BCUT2D eigenvalue weighted by Crippen LogP contribution is -2.50. The third-order valence-electron chi connectivity index (χ3n) is 4.07. The van der Waals surface area contributed by atoms with E-state index in [2.05, 4.69) is 35.6 Å². The predicted octanol–water partition coefficient (Wildman–Crippen LogP) is 1.70. The molecule has 0 amide bonds. The third-order valence-corrected chi connectivity index (χ3v) is 4.07. The van der Waals surface area contributed by atoms with E-state index in [9.17, 15) is 4.39 Å². The molecule has 1 atom stereocenters. The predicted molar refractivity (Wildman–Crippen MR) is 82.3 cm³/mol. The molecule has 2 rings (SSSR count). The van der Waals surface area contributed by atoms with Crippen molar-refractivity contribution in [1.82, 2.24) is 9.80 Å². The first-order valence-corrected chi connectivity index (χ1v) is 7.44. The monoisotopic (exact) mass is 290 g/mol. The molecule has 1 aromatic carbocycles. The van der Waals surface area contributed by atoms with Crippen LogP contribution >= 0.6 is 0 Å². The molecule has 0 saturated carbocycles. The molecular formula is C17H23FN2O. The summed E-state index contributed by atoms with van der Waals surface area (Å²) in [6.07, 6.45) is 1.14. The molecule has 1 N–H and O–H groups in total. The molecule has 114 valence electrons. The number of rotatable bonds is 3. The van der Waals surface area contributed by atoms with Gasteiger partial charge < -0.3 is 10.0 Å². The number of nitrogens with zero attached hydrogens (tertiary/aromatic N) is 2. The Labute approximate surface area is 126 Å². The summed E-state index contributed by atoms with van der Waals surface area (Å²) in [6, 6.07) is 5.66. The number of aliphatic hydroxyl groups excluding tert-OH is 1. The van der Waals surface area contributed by atoms with Crippen LogP contribution in [0.1, 0.15) is 24.5 Å². The van der Waals surface area contributed by atoms with Crippen molar-refractivity contribution in [3.63, 3.8) is 0 Å². The van der Waals surface area contributed by atoms with Crippen LogP contribution in [-0.4, -0.2) is 54.2 Å². The Kier molecular flexibility index (Phi) is 5.75. The molecule has 1 unspecified atom stereocenters. The van der Waals surface area contributed by atoms with Crippen molar-refractivity contribution in [2.75, 3.05) is 33.3 Å². The second kappa shape index (κ2) is 7.56. The van der Waals surface area contributed by atoms with Gasteiger partial charge in [-0.1, -0.05) is 24.8 Å². The summed E-state index contributed by atoms with van der Waals surface area (Å²) in [5.41, 5.74) is 1.43. The lowest BCUT2D eigenvalue weighted by Gasteiger charge is -2.39. The van der Waals surface area contributed by atoms with Crippen LogP contribution in [0.25, 0.3) is 0 Å². The molecule has 0 bridgehead atoms. The van der Waals surface area contributed by atoms with Gasteiger partial charge in [-0.2, -0.15) is 0 Å². The highest BCUT2D eigenvalue weighted by Gasteiger charge is 2.22. The minimum atomic E-state index is -0.329. The second-order valence-corrected chi connectivity index (χ2v) is 5.55. The molecule has 0 aromatic heterocycles. The van der Waals surface area contributed by atoms with Gasteiger partial charge in [0, 0.05) is 32.2 Å². The summed E-state index contributed by atoms with van der Waals surface area (Å²) in [6.45, 7) is 5.92. The van der Waals surface area contributed by atoms with Crippen LogP contribution in [0.5, 0.6) is 0 Å². The molecule has 0 radical (unpaired) electrons. The number of hydrogen-bond donors (Lipinski definition) is 1. The molecule has 1 saturated heterocycles. The molecule has 1 aliphatic rings. The summed E-state index contributed by atoms with van der Waals surface area (Å²) in [5, 5.41) is 8.72. The van der Waals surface area contributed by atoms with E-state index < -0.39 is 0 Å². The topological polar surface area (TPSA) is 26.7 Å². The van der Waals surface area contributed by atoms with Gasteiger partial charge in [-0.05, 0) is 31.2 Å². The SMILES string of the molecule is CCC1CN(Cc2ccc(F)c(C#CCO)c2)CCN1C. The van der Waals surface area contributed by atoms with E-state index in [0.29, 0.717) is 11.6 Å². The van der Waals surface area contributed by atoms with Crippen molar-refractivity contribution in [2.45, 2.75) is 25.9 Å². The van der Waals surface area contributed by atoms with E-state index in [-0.39, 0.29) is 12.4 Å². The van der Waals surface area contributed by atoms with Gasteiger partial charge in [0.2, 0.25) is 0 Å². The molecule has 0 spiro atoms. The van der Waals surface area contributed by atoms with E-state index in [1.54, 1.807) is 6.07 Å². The van der Waals surface area contributed by atoms with Crippen molar-refractivity contribution >= 4 is 0 Å². The summed E-state index contributed by atoms with van der Waals surface area (Å²) < 4.78 is 13.6. The van der Waals surface area contributed by atoms with E-state index >= 15 is 0 Å². The fraction of sp³-hybridized carbons (Fsp3) is 0.529. The van der Waals surface area contributed by atoms with E-state index in [4.69, 9.17) is 5.11 Å². The van der Waals surface area contributed by atoms with Gasteiger partial charge in [-0.25, -0.2) is 4.39 Å². The van der Waals surface area contributed by atoms with Crippen LogP contribution in [0.15, 0.2) is 18.2 Å². The number of hydrogen-bond acceptors (Lipinski definition) is 3. The van der Waals surface area contributed by atoms with Gasteiger partial charge in [0.15, 0.2) is 0 Å². The molecule has 1 heterocycles. The number of piperazine rings is 1. The minimum Gasteiger partial charge on any atom is -0.384 e. The third kappa shape index (κ3) is 4.28. The molecule has 1 aromatic rings. The zero-order valence-corrected chi connectivity index (χ0v) is 12.8. The zero-order chi connectivity index (χ0) is 15.2. The average Bonchev–Trinajstić information content (AvgIpc) is 2.49. The summed E-state index contributed by atoms with van der Waals surface area (Å²) in [4.78, 5) is 4.81. The number of aliphatic hydroxyl groups is 1. The molecule has 0 aliphatic carbocycles. The molecule has 4 heteroatoms. The van der Waals surface area contributed by atoms with Crippen molar-refractivity contribution in [2.24, 2.45) is 0 Å². The fourth-order valence-corrected chi connectivity index (χ4v) is 2.75. The Morgan fingerprint density at radius 1 is 1.38 bits per heavy atom. The minimum absolute atomic E-state index is 0.250. The fourth-order valence-electron chi connectivity index (χ4n) is 2.75. The molecule has 1 aliphatic heterocycles. The zero-order valence-electron chi connectivity index (χ0n) is 12.8. The highest BCUT2D eigenvalue weighted by atomic mass is 19.1. The van der Waals surface area contributed by atoms with Crippen LogP contribution in [0.3, 0.4) is 0 Å². The van der Waals surface area contributed by atoms with Gasteiger partial charge in [0.25, 0.3) is 0 Å². The van der Waals surface area contributed by atoms with Crippen LogP contribution in [0.2, 0.25) is 0 Å². The smallest absolute Gasteiger partial charge is 0.138 e. The first-order valence-electron chi connectivity index (χ1n) is 7.44. The van der Waals surface area contributed by atoms with Gasteiger partial charge in [0.05, 0.1) is 5.56 Å². The van der Waals surface area contributed by atoms with Crippen molar-refractivity contribution in [1.29, 1.82) is 0 Å².